The van der Waals surface area contributed by atoms with E-state index >= 15 is 0 Å². The van der Waals surface area contributed by atoms with E-state index in [1.165, 1.54) is 12.7 Å². The van der Waals surface area contributed by atoms with Gasteiger partial charge < -0.3 is 8.83 Å². The van der Waals surface area contributed by atoms with Gasteiger partial charge in [-0.2, -0.15) is 0 Å². The first-order valence-electron chi connectivity index (χ1n) is 16.9. The molecule has 6 nitrogen and oxygen atoms in total. The zero-order valence-electron chi connectivity index (χ0n) is 27.1. The monoisotopic (exact) mass is 654 g/mol. The van der Waals surface area contributed by atoms with E-state index in [2.05, 4.69) is 141 Å². The number of para-hydroxylation sites is 3. The molecule has 0 atom stereocenters. The van der Waals surface area contributed by atoms with Gasteiger partial charge in [-0.15, -0.1) is 0 Å². The summed E-state index contributed by atoms with van der Waals surface area (Å²) >= 11 is 0. The van der Waals surface area contributed by atoms with Crippen LogP contribution in [0.25, 0.3) is 105 Å². The van der Waals surface area contributed by atoms with Gasteiger partial charge >= 0.3 is 0 Å². The Morgan fingerprint density at radius 1 is 0.353 bits per heavy atom. The smallest absolute Gasteiger partial charge is 0.237 e. The normalized spacial score (nSPS) is 11.9. The lowest BCUT2D eigenvalue weighted by Crippen LogP contribution is -2.00. The van der Waals surface area contributed by atoms with Crippen LogP contribution in [0.2, 0.25) is 0 Å². The van der Waals surface area contributed by atoms with E-state index in [0.717, 1.165) is 99.1 Å². The quantitative estimate of drug-likeness (QED) is 0.189. The van der Waals surface area contributed by atoms with Gasteiger partial charge in [0.25, 0.3) is 0 Å². The minimum atomic E-state index is 0.594. The molecule has 238 valence electrons. The average molecular weight is 655 g/mol. The molecule has 0 radical (unpaired) electrons. The third-order valence-electron chi connectivity index (χ3n) is 10.0. The summed E-state index contributed by atoms with van der Waals surface area (Å²) < 4.78 is 14.6. The summed E-state index contributed by atoms with van der Waals surface area (Å²) in [4.78, 5) is 13.0. The highest BCUT2D eigenvalue weighted by atomic mass is 16.3. The minimum Gasteiger partial charge on any atom is -0.456 e. The molecule has 0 bridgehead atoms. The first-order valence-corrected chi connectivity index (χ1v) is 16.9. The maximum absolute atomic E-state index is 6.33. The van der Waals surface area contributed by atoms with Crippen molar-refractivity contribution in [1.82, 2.24) is 19.5 Å². The summed E-state index contributed by atoms with van der Waals surface area (Å²) in [6.07, 6.45) is 3.08. The van der Waals surface area contributed by atoms with Crippen LogP contribution in [0, 0.1) is 0 Å². The molecule has 11 rings (SSSR count). The molecule has 0 unspecified atom stereocenters. The number of furan rings is 2. The first-order chi connectivity index (χ1) is 25.2. The lowest BCUT2D eigenvalue weighted by molar-refractivity contribution is 0.668. The summed E-state index contributed by atoms with van der Waals surface area (Å²) in [6, 6.07) is 51.4. The highest BCUT2D eigenvalue weighted by molar-refractivity contribution is 6.11. The molecule has 4 heterocycles. The van der Waals surface area contributed by atoms with Crippen molar-refractivity contribution in [1.29, 1.82) is 0 Å². The van der Waals surface area contributed by atoms with Crippen molar-refractivity contribution in [2.24, 2.45) is 0 Å². The Balaban J connectivity index is 1.14. The predicted octanol–water partition coefficient (Wildman–Crippen LogP) is 11.8. The maximum Gasteiger partial charge on any atom is 0.237 e. The minimum absolute atomic E-state index is 0.594. The average Bonchev–Trinajstić information content (AvgIpc) is 3.86. The highest BCUT2D eigenvalue weighted by Gasteiger charge is 2.17. The van der Waals surface area contributed by atoms with E-state index in [0.29, 0.717) is 5.95 Å². The topological polar surface area (TPSA) is 69.9 Å². The zero-order valence-corrected chi connectivity index (χ0v) is 27.1. The molecule has 0 amide bonds. The van der Waals surface area contributed by atoms with Crippen LogP contribution in [0.3, 0.4) is 0 Å². The van der Waals surface area contributed by atoms with E-state index in [1.807, 2.05) is 24.3 Å². The number of hydrogen-bond donors (Lipinski definition) is 0. The third kappa shape index (κ3) is 4.33. The highest BCUT2D eigenvalue weighted by Crippen LogP contribution is 2.40. The molecular formula is C45H26N4O2. The van der Waals surface area contributed by atoms with E-state index < -0.39 is 0 Å². The molecule has 0 aliphatic carbocycles. The second kappa shape index (κ2) is 10.7. The van der Waals surface area contributed by atoms with E-state index in [-0.39, 0.29) is 0 Å². The molecule has 4 aromatic heterocycles. The first kappa shape index (κ1) is 27.9. The van der Waals surface area contributed by atoms with E-state index in [9.17, 15) is 0 Å². The number of benzene rings is 7. The van der Waals surface area contributed by atoms with Gasteiger partial charge in [-0.1, -0.05) is 72.8 Å². The number of hydrogen-bond acceptors (Lipinski definition) is 5. The van der Waals surface area contributed by atoms with Crippen molar-refractivity contribution in [3.63, 3.8) is 0 Å². The lowest BCUT2D eigenvalue weighted by atomic mass is 9.92. The van der Waals surface area contributed by atoms with E-state index in [4.69, 9.17) is 8.83 Å². The molecule has 0 fully saturated rings. The number of rotatable bonds is 4. The molecule has 0 aliphatic heterocycles. The number of fused-ring (bicyclic) bond motifs is 9. The molecule has 0 saturated heterocycles. The summed E-state index contributed by atoms with van der Waals surface area (Å²) in [7, 11) is 0. The van der Waals surface area contributed by atoms with Crippen molar-refractivity contribution in [3.8, 4) is 39.3 Å². The van der Waals surface area contributed by atoms with Gasteiger partial charge in [-0.3, -0.25) is 4.57 Å². The third-order valence-corrected chi connectivity index (χ3v) is 10.0. The summed E-state index contributed by atoms with van der Waals surface area (Å²) in [5.41, 5.74) is 12.3. The molecule has 0 N–H and O–H groups in total. The molecule has 0 spiro atoms. The van der Waals surface area contributed by atoms with Crippen molar-refractivity contribution in [2.45, 2.75) is 0 Å². The van der Waals surface area contributed by atoms with Crippen LogP contribution >= 0.6 is 0 Å². The van der Waals surface area contributed by atoms with Gasteiger partial charge in [0.05, 0.1) is 11.0 Å². The van der Waals surface area contributed by atoms with Crippen molar-refractivity contribution in [2.75, 3.05) is 0 Å². The molecule has 6 heteroatoms. The molecule has 0 saturated carbocycles. The van der Waals surface area contributed by atoms with Crippen LogP contribution in [0.15, 0.2) is 167 Å². The van der Waals surface area contributed by atoms with Gasteiger partial charge in [0.15, 0.2) is 0 Å². The Bertz CT molecular complexity index is 3150. The standard InChI is InChI=1S/C45H26N4O2/c1-4-10-39-33(7-1)37-22-27(14-17-40(37)49(39)45-47-25-46-26-48-45)30-19-31(28-15-18-43-38(23-28)35-9-3-6-12-42(35)50-43)21-32(20-30)29-13-16-36-34-8-2-5-11-41(34)51-44(36)24-29/h1-26H. The van der Waals surface area contributed by atoms with Crippen LogP contribution in [0.1, 0.15) is 0 Å². The summed E-state index contributed by atoms with van der Waals surface area (Å²) in [6.45, 7) is 0. The van der Waals surface area contributed by atoms with E-state index in [1.54, 1.807) is 0 Å². The summed E-state index contributed by atoms with van der Waals surface area (Å²) in [5.74, 6) is 0.594. The second-order valence-electron chi connectivity index (χ2n) is 12.9. The Kier molecular flexibility index (Phi) is 5.86. The SMILES string of the molecule is c1ccc2c(c1)oc1cc(-c3cc(-c4ccc5oc6ccccc6c5c4)cc(-c4ccc5c(c4)c4ccccc4n5-c4ncncn4)c3)ccc12. The molecular weight excluding hydrogens is 629 g/mol. The fourth-order valence-corrected chi connectivity index (χ4v) is 7.66. The van der Waals surface area contributed by atoms with Gasteiger partial charge in [-0.05, 0) is 106 Å². The predicted molar refractivity (Wildman–Crippen MR) is 205 cm³/mol. The van der Waals surface area contributed by atoms with Gasteiger partial charge in [0.1, 0.15) is 35.0 Å². The van der Waals surface area contributed by atoms with Gasteiger partial charge in [0, 0.05) is 32.3 Å². The molecule has 51 heavy (non-hydrogen) atoms. The largest absolute Gasteiger partial charge is 0.456 e. The van der Waals surface area contributed by atoms with Crippen LogP contribution in [-0.2, 0) is 0 Å². The Morgan fingerprint density at radius 2 is 0.863 bits per heavy atom. The second-order valence-corrected chi connectivity index (χ2v) is 12.9. The van der Waals surface area contributed by atoms with Gasteiger partial charge in [-0.25, -0.2) is 15.0 Å². The summed E-state index contributed by atoms with van der Waals surface area (Å²) in [5, 5.41) is 6.72. The van der Waals surface area contributed by atoms with Crippen molar-refractivity contribution in [3.05, 3.63) is 158 Å². The Hall–Kier alpha value is -7.05. The lowest BCUT2D eigenvalue weighted by Gasteiger charge is -2.12. The molecule has 7 aromatic carbocycles. The van der Waals surface area contributed by atoms with Crippen molar-refractivity contribution < 1.29 is 8.83 Å². The zero-order chi connectivity index (χ0) is 33.5. The fourth-order valence-electron chi connectivity index (χ4n) is 7.66. The van der Waals surface area contributed by atoms with Crippen LogP contribution in [0.5, 0.6) is 0 Å². The fraction of sp³-hybridized carbons (Fsp3) is 0. The molecule has 11 aromatic rings. The van der Waals surface area contributed by atoms with Crippen LogP contribution in [-0.4, -0.2) is 19.5 Å². The number of nitrogens with zero attached hydrogens (tertiary/aromatic N) is 4. The maximum atomic E-state index is 6.33. The van der Waals surface area contributed by atoms with Crippen molar-refractivity contribution >= 4 is 65.7 Å². The Labute approximate surface area is 290 Å². The van der Waals surface area contributed by atoms with Crippen LogP contribution < -0.4 is 0 Å². The number of aromatic nitrogens is 4. The van der Waals surface area contributed by atoms with Gasteiger partial charge in [0.2, 0.25) is 5.95 Å². The Morgan fingerprint density at radius 3 is 1.61 bits per heavy atom. The molecule has 0 aliphatic rings. The van der Waals surface area contributed by atoms with Crippen LogP contribution in [0.4, 0.5) is 0 Å².